The molecule has 24 heavy (non-hydrogen) atoms. The van der Waals surface area contributed by atoms with Gasteiger partial charge in [-0.1, -0.05) is 48.5 Å². The highest BCUT2D eigenvalue weighted by Gasteiger charge is 2.00. The number of nitrogens with zero attached hydrogens (tertiary/aromatic N) is 2. The fraction of sp³-hybridized carbons (Fsp3) is 0.250. The van der Waals surface area contributed by atoms with E-state index in [0.29, 0.717) is 13.0 Å². The van der Waals surface area contributed by atoms with Crippen LogP contribution < -0.4 is 0 Å². The van der Waals surface area contributed by atoms with Crippen molar-refractivity contribution in [2.24, 2.45) is 4.99 Å². The molecule has 0 heterocycles. The summed E-state index contributed by atoms with van der Waals surface area (Å²) in [5, 5.41) is 18.6. The van der Waals surface area contributed by atoms with Crippen molar-refractivity contribution in [3.05, 3.63) is 77.5 Å². The Kier molecular flexibility index (Phi) is 7.05. The van der Waals surface area contributed by atoms with Crippen molar-refractivity contribution in [2.45, 2.75) is 19.4 Å². The summed E-state index contributed by atoms with van der Waals surface area (Å²) in [6.45, 7) is 0.781. The number of aromatic hydroxyl groups is 1. The van der Waals surface area contributed by atoms with Crippen LogP contribution in [0, 0.1) is 0 Å². The second kappa shape index (κ2) is 9.53. The summed E-state index contributed by atoms with van der Waals surface area (Å²) in [4.78, 5) is 6.53. The summed E-state index contributed by atoms with van der Waals surface area (Å²) >= 11 is 0. The zero-order valence-corrected chi connectivity index (χ0v) is 14.0. The Morgan fingerprint density at radius 3 is 2.54 bits per heavy atom. The van der Waals surface area contributed by atoms with Crippen molar-refractivity contribution in [3.63, 3.8) is 0 Å². The van der Waals surface area contributed by atoms with Gasteiger partial charge >= 0.3 is 0 Å². The van der Waals surface area contributed by atoms with Crippen LogP contribution in [0.1, 0.15) is 17.5 Å². The fourth-order valence-corrected chi connectivity index (χ4v) is 2.36. The van der Waals surface area contributed by atoms with Crippen LogP contribution in [0.25, 0.3) is 0 Å². The number of phenolic OH excluding ortho intramolecular Hbond substituents is 1. The SMILES string of the molecule is CN(/C=N\C(=C\CCO)Cc1ccccc1)Cc1cccc(O)c1. The maximum Gasteiger partial charge on any atom is 0.115 e. The standard InChI is InChI=1S/C20H24N2O2/c1-22(15-18-9-5-11-20(24)14-18)16-21-19(10-6-12-23)13-17-7-3-2-4-8-17/h2-5,7-11,14,16,23-24H,6,12-13,15H2,1H3/b19-10+,21-16-. The van der Waals surface area contributed by atoms with E-state index >= 15 is 0 Å². The summed E-state index contributed by atoms with van der Waals surface area (Å²) in [5.74, 6) is 0.269. The van der Waals surface area contributed by atoms with Crippen LogP contribution in [-0.4, -0.2) is 35.1 Å². The van der Waals surface area contributed by atoms with Crippen molar-refractivity contribution < 1.29 is 10.2 Å². The second-order valence-corrected chi connectivity index (χ2v) is 5.70. The Morgan fingerprint density at radius 1 is 1.08 bits per heavy atom. The Morgan fingerprint density at radius 2 is 1.83 bits per heavy atom. The third kappa shape index (κ3) is 6.26. The lowest BCUT2D eigenvalue weighted by atomic mass is 10.1. The molecular formula is C20H24N2O2. The van der Waals surface area contributed by atoms with E-state index in [1.807, 2.05) is 48.4 Å². The highest BCUT2D eigenvalue weighted by molar-refractivity contribution is 5.56. The average molecular weight is 324 g/mol. The quantitative estimate of drug-likeness (QED) is 0.578. The van der Waals surface area contributed by atoms with Crippen LogP contribution in [-0.2, 0) is 13.0 Å². The lowest BCUT2D eigenvalue weighted by Gasteiger charge is -2.14. The molecule has 0 amide bonds. The van der Waals surface area contributed by atoms with Gasteiger partial charge in [0.25, 0.3) is 0 Å². The Balaban J connectivity index is 2.00. The number of benzene rings is 2. The number of aliphatic hydroxyl groups is 1. The first-order chi connectivity index (χ1) is 11.7. The largest absolute Gasteiger partial charge is 0.508 e. The number of allylic oxidation sites excluding steroid dienone is 1. The molecule has 0 radical (unpaired) electrons. The van der Waals surface area contributed by atoms with Gasteiger partial charge in [0.15, 0.2) is 0 Å². The van der Waals surface area contributed by atoms with E-state index in [1.54, 1.807) is 18.5 Å². The van der Waals surface area contributed by atoms with Crippen LogP contribution in [0.2, 0.25) is 0 Å². The number of aliphatic imine (C=N–C) groups is 1. The molecule has 0 atom stereocenters. The van der Waals surface area contributed by atoms with Gasteiger partial charge < -0.3 is 15.1 Å². The number of hydrogen-bond acceptors (Lipinski definition) is 3. The molecule has 2 rings (SSSR count). The third-order valence-electron chi connectivity index (χ3n) is 3.50. The van der Waals surface area contributed by atoms with Gasteiger partial charge in [-0.2, -0.15) is 0 Å². The maximum absolute atomic E-state index is 9.52. The van der Waals surface area contributed by atoms with Gasteiger partial charge in [0.1, 0.15) is 5.75 Å². The molecule has 0 saturated heterocycles. The number of hydrogen-bond donors (Lipinski definition) is 2. The number of aliphatic hydroxyl groups excluding tert-OH is 1. The molecule has 0 unspecified atom stereocenters. The van der Waals surface area contributed by atoms with Crippen molar-refractivity contribution in [1.82, 2.24) is 4.90 Å². The molecule has 0 aromatic heterocycles. The maximum atomic E-state index is 9.52. The van der Waals surface area contributed by atoms with Gasteiger partial charge in [-0.05, 0) is 29.7 Å². The molecule has 0 aliphatic carbocycles. The van der Waals surface area contributed by atoms with Crippen LogP contribution >= 0.6 is 0 Å². The molecule has 4 heteroatoms. The highest BCUT2D eigenvalue weighted by Crippen LogP contribution is 2.13. The Labute approximate surface area is 143 Å². The van der Waals surface area contributed by atoms with E-state index in [9.17, 15) is 5.11 Å². The van der Waals surface area contributed by atoms with Gasteiger partial charge in [0, 0.05) is 32.3 Å². The molecule has 126 valence electrons. The summed E-state index contributed by atoms with van der Waals surface area (Å²) in [7, 11) is 1.94. The van der Waals surface area contributed by atoms with E-state index in [2.05, 4.69) is 17.1 Å². The minimum Gasteiger partial charge on any atom is -0.508 e. The summed E-state index contributed by atoms with van der Waals surface area (Å²) in [5.41, 5.74) is 3.14. The average Bonchev–Trinajstić information content (AvgIpc) is 2.58. The smallest absolute Gasteiger partial charge is 0.115 e. The van der Waals surface area contributed by atoms with Gasteiger partial charge in [0.05, 0.1) is 6.34 Å². The van der Waals surface area contributed by atoms with Crippen LogP contribution in [0.15, 0.2) is 71.4 Å². The van der Waals surface area contributed by atoms with E-state index in [-0.39, 0.29) is 12.4 Å². The molecule has 0 aliphatic heterocycles. The molecular weight excluding hydrogens is 300 g/mol. The summed E-state index contributed by atoms with van der Waals surface area (Å²) in [6, 6.07) is 17.4. The molecule has 2 aromatic carbocycles. The first kappa shape index (κ1) is 17.8. The van der Waals surface area contributed by atoms with Gasteiger partial charge in [-0.15, -0.1) is 0 Å². The van der Waals surface area contributed by atoms with Gasteiger partial charge in [0.2, 0.25) is 0 Å². The zero-order valence-electron chi connectivity index (χ0n) is 14.0. The predicted molar refractivity (Wildman–Crippen MR) is 98.0 cm³/mol. The Bertz CT molecular complexity index is 681. The van der Waals surface area contributed by atoms with Crippen LogP contribution in [0.5, 0.6) is 5.75 Å². The fourth-order valence-electron chi connectivity index (χ4n) is 2.36. The zero-order chi connectivity index (χ0) is 17.2. The van der Waals surface area contributed by atoms with Gasteiger partial charge in [-0.3, -0.25) is 0 Å². The summed E-state index contributed by atoms with van der Waals surface area (Å²) in [6.07, 6.45) is 5.08. The van der Waals surface area contributed by atoms with Crippen molar-refractivity contribution in [3.8, 4) is 5.75 Å². The van der Waals surface area contributed by atoms with Crippen molar-refractivity contribution >= 4 is 6.34 Å². The molecule has 0 fully saturated rings. The van der Waals surface area contributed by atoms with Crippen LogP contribution in [0.3, 0.4) is 0 Å². The monoisotopic (exact) mass is 324 g/mol. The Hall–Kier alpha value is -2.59. The third-order valence-corrected chi connectivity index (χ3v) is 3.50. The van der Waals surface area contributed by atoms with E-state index < -0.39 is 0 Å². The molecule has 2 aromatic rings. The van der Waals surface area contributed by atoms with Crippen molar-refractivity contribution in [2.75, 3.05) is 13.7 Å². The van der Waals surface area contributed by atoms with Gasteiger partial charge in [-0.25, -0.2) is 4.99 Å². The molecule has 0 aliphatic rings. The lowest BCUT2D eigenvalue weighted by Crippen LogP contribution is -2.15. The number of rotatable bonds is 8. The first-order valence-corrected chi connectivity index (χ1v) is 8.03. The molecule has 0 spiro atoms. The van der Waals surface area contributed by atoms with E-state index in [4.69, 9.17) is 5.11 Å². The van der Waals surface area contributed by atoms with E-state index in [0.717, 1.165) is 17.7 Å². The van der Waals surface area contributed by atoms with Crippen molar-refractivity contribution in [1.29, 1.82) is 0 Å². The lowest BCUT2D eigenvalue weighted by molar-refractivity contribution is 0.302. The summed E-state index contributed by atoms with van der Waals surface area (Å²) < 4.78 is 0. The molecule has 0 saturated carbocycles. The molecule has 4 nitrogen and oxygen atoms in total. The van der Waals surface area contributed by atoms with E-state index in [1.165, 1.54) is 5.56 Å². The normalized spacial score (nSPS) is 11.8. The minimum atomic E-state index is 0.118. The van der Waals surface area contributed by atoms with Crippen LogP contribution in [0.4, 0.5) is 0 Å². The molecule has 0 bridgehead atoms. The first-order valence-electron chi connectivity index (χ1n) is 8.03. The highest BCUT2D eigenvalue weighted by atomic mass is 16.3. The minimum absolute atomic E-state index is 0.118. The predicted octanol–water partition coefficient (Wildman–Crippen LogP) is 3.36. The number of phenols is 1. The molecule has 2 N–H and O–H groups in total. The second-order valence-electron chi connectivity index (χ2n) is 5.70. The topological polar surface area (TPSA) is 56.1 Å².